The molecule has 5 unspecified atom stereocenters. The monoisotopic (exact) mass is 314 g/mol. The van der Waals surface area contributed by atoms with Gasteiger partial charge in [0, 0.05) is 12.0 Å². The Balaban J connectivity index is 1.65. The van der Waals surface area contributed by atoms with Crippen LogP contribution < -0.4 is 5.32 Å². The van der Waals surface area contributed by atoms with Crippen molar-refractivity contribution in [3.8, 4) is 0 Å². The summed E-state index contributed by atoms with van der Waals surface area (Å²) >= 11 is 5.55. The summed E-state index contributed by atoms with van der Waals surface area (Å²) in [5, 5.41) is 4.03. The van der Waals surface area contributed by atoms with Crippen LogP contribution in [-0.2, 0) is 18.9 Å². The average molecular weight is 314 g/mol. The Bertz CT molecular complexity index is 484. The maximum absolute atomic E-state index is 6.11. The highest BCUT2D eigenvalue weighted by Gasteiger charge is 2.60. The summed E-state index contributed by atoms with van der Waals surface area (Å²) in [6.45, 7) is 8.64. The first-order chi connectivity index (χ1) is 9.76. The van der Waals surface area contributed by atoms with Gasteiger partial charge in [-0.2, -0.15) is 0 Å². The highest BCUT2D eigenvalue weighted by molar-refractivity contribution is 7.80. The van der Waals surface area contributed by atoms with Gasteiger partial charge in [-0.3, -0.25) is 4.90 Å². The maximum Gasteiger partial charge on any atom is 0.173 e. The summed E-state index contributed by atoms with van der Waals surface area (Å²) in [6.07, 6.45) is 0.211. The molecule has 4 heterocycles. The molecular formula is C14H22N2O4S. The number of ether oxygens (including phenoxy) is 4. The third-order valence-corrected chi connectivity index (χ3v) is 4.84. The van der Waals surface area contributed by atoms with Gasteiger partial charge in [0.15, 0.2) is 17.1 Å². The van der Waals surface area contributed by atoms with Crippen LogP contribution in [0.1, 0.15) is 34.1 Å². The van der Waals surface area contributed by atoms with Crippen LogP contribution >= 0.6 is 12.2 Å². The number of hydrogen-bond acceptors (Lipinski definition) is 5. The molecule has 0 aliphatic carbocycles. The normalized spacial score (nSPS) is 46.6. The molecule has 0 radical (unpaired) electrons. The molecule has 4 aliphatic heterocycles. The van der Waals surface area contributed by atoms with Crippen molar-refractivity contribution >= 4 is 17.3 Å². The minimum atomic E-state index is -0.584. The Labute approximate surface area is 130 Å². The van der Waals surface area contributed by atoms with Crippen LogP contribution in [0.4, 0.5) is 0 Å². The van der Waals surface area contributed by atoms with Crippen molar-refractivity contribution in [2.75, 3.05) is 6.61 Å². The molecule has 0 aromatic carbocycles. The van der Waals surface area contributed by atoms with Crippen LogP contribution in [0.15, 0.2) is 0 Å². The first-order valence-electron chi connectivity index (χ1n) is 7.49. The Kier molecular flexibility index (Phi) is 2.89. The van der Waals surface area contributed by atoms with Gasteiger partial charge in [-0.05, 0) is 39.9 Å². The summed E-state index contributed by atoms with van der Waals surface area (Å²) in [6, 6.07) is 0. The fourth-order valence-corrected chi connectivity index (χ4v) is 4.21. The van der Waals surface area contributed by atoms with Crippen LogP contribution in [0.2, 0.25) is 0 Å². The van der Waals surface area contributed by atoms with E-state index in [1.165, 1.54) is 0 Å². The van der Waals surface area contributed by atoms with Gasteiger partial charge in [-0.1, -0.05) is 0 Å². The van der Waals surface area contributed by atoms with Gasteiger partial charge in [0.2, 0.25) is 0 Å². The Morgan fingerprint density at radius 3 is 2.67 bits per heavy atom. The van der Waals surface area contributed by atoms with Crippen molar-refractivity contribution in [2.45, 2.75) is 76.2 Å². The van der Waals surface area contributed by atoms with E-state index in [1.807, 2.05) is 18.7 Å². The molecule has 0 amide bonds. The second-order valence-electron chi connectivity index (χ2n) is 7.34. The molecule has 0 saturated carbocycles. The van der Waals surface area contributed by atoms with Crippen LogP contribution in [0.3, 0.4) is 0 Å². The summed E-state index contributed by atoms with van der Waals surface area (Å²) < 4.78 is 24.2. The lowest BCUT2D eigenvalue weighted by atomic mass is 9.96. The first kappa shape index (κ1) is 14.1. The van der Waals surface area contributed by atoms with Gasteiger partial charge in [-0.25, -0.2) is 0 Å². The van der Waals surface area contributed by atoms with E-state index in [0.717, 1.165) is 6.42 Å². The fraction of sp³-hybridized carbons (Fsp3) is 0.929. The second kappa shape index (κ2) is 4.29. The zero-order valence-corrected chi connectivity index (χ0v) is 13.6. The molecule has 118 valence electrons. The molecule has 2 bridgehead atoms. The quantitative estimate of drug-likeness (QED) is 0.668. The van der Waals surface area contributed by atoms with E-state index in [0.29, 0.717) is 11.7 Å². The highest BCUT2D eigenvalue weighted by Crippen LogP contribution is 2.43. The van der Waals surface area contributed by atoms with Crippen molar-refractivity contribution in [2.24, 2.45) is 0 Å². The van der Waals surface area contributed by atoms with Gasteiger partial charge in [0.25, 0.3) is 0 Å². The van der Waals surface area contributed by atoms with E-state index >= 15 is 0 Å². The van der Waals surface area contributed by atoms with E-state index < -0.39 is 5.79 Å². The van der Waals surface area contributed by atoms with Crippen molar-refractivity contribution in [1.82, 2.24) is 10.2 Å². The fourth-order valence-electron chi connectivity index (χ4n) is 3.71. The van der Waals surface area contributed by atoms with Crippen molar-refractivity contribution < 1.29 is 18.9 Å². The molecule has 1 N–H and O–H groups in total. The maximum atomic E-state index is 6.11. The van der Waals surface area contributed by atoms with Crippen molar-refractivity contribution in [3.63, 3.8) is 0 Å². The number of nitrogens with zero attached hydrogens (tertiary/aromatic N) is 1. The molecule has 4 aliphatic rings. The lowest BCUT2D eigenvalue weighted by molar-refractivity contribution is -0.197. The standard InChI is InChI=1S/C14H22N2O4S/c1-13(2)5-8-16(12(21)15-13)11-10-9(7(18-11)6-17-8)19-14(3,4)20-10/h7-11H,5-6H2,1-4H3,(H,15,21). The predicted molar refractivity (Wildman–Crippen MR) is 78.5 cm³/mol. The Morgan fingerprint density at radius 2 is 1.90 bits per heavy atom. The zero-order chi connectivity index (χ0) is 15.0. The third-order valence-electron chi connectivity index (χ3n) is 4.53. The molecule has 21 heavy (non-hydrogen) atoms. The number of rotatable bonds is 0. The average Bonchev–Trinajstić information content (AvgIpc) is 2.71. The van der Waals surface area contributed by atoms with E-state index in [-0.39, 0.29) is 36.3 Å². The lowest BCUT2D eigenvalue weighted by Gasteiger charge is -2.47. The summed E-state index contributed by atoms with van der Waals surface area (Å²) in [5.41, 5.74) is -0.0759. The Hall–Kier alpha value is -0.470. The van der Waals surface area contributed by atoms with Crippen LogP contribution in [-0.4, -0.2) is 58.7 Å². The highest BCUT2D eigenvalue weighted by atomic mass is 32.1. The van der Waals surface area contributed by atoms with Crippen molar-refractivity contribution in [1.29, 1.82) is 0 Å². The smallest absolute Gasteiger partial charge is 0.173 e. The molecule has 0 aromatic rings. The zero-order valence-electron chi connectivity index (χ0n) is 12.8. The number of nitrogens with one attached hydrogen (secondary N) is 1. The molecule has 0 aromatic heterocycles. The van der Waals surface area contributed by atoms with E-state index in [4.69, 9.17) is 31.2 Å². The minimum absolute atomic E-state index is 0.0722. The van der Waals surface area contributed by atoms with Crippen molar-refractivity contribution in [3.05, 3.63) is 0 Å². The van der Waals surface area contributed by atoms with Gasteiger partial charge < -0.3 is 24.3 Å². The summed E-state index contributed by atoms with van der Waals surface area (Å²) in [4.78, 5) is 2.01. The largest absolute Gasteiger partial charge is 0.357 e. The molecule has 4 rings (SSSR count). The molecule has 5 atom stereocenters. The predicted octanol–water partition coefficient (Wildman–Crippen LogP) is 0.947. The number of hydrogen-bond donors (Lipinski definition) is 1. The van der Waals surface area contributed by atoms with Crippen LogP contribution in [0.5, 0.6) is 0 Å². The van der Waals surface area contributed by atoms with Gasteiger partial charge in [0.1, 0.15) is 24.5 Å². The summed E-state index contributed by atoms with van der Waals surface area (Å²) in [7, 11) is 0. The number of fused-ring (bicyclic) bond motifs is 7. The topological polar surface area (TPSA) is 52.2 Å². The Morgan fingerprint density at radius 1 is 1.19 bits per heavy atom. The molecule has 4 saturated heterocycles. The van der Waals surface area contributed by atoms with Gasteiger partial charge >= 0.3 is 0 Å². The molecule has 4 fully saturated rings. The third kappa shape index (κ3) is 2.17. The molecule has 7 heteroatoms. The summed E-state index contributed by atoms with van der Waals surface area (Å²) in [5.74, 6) is -0.584. The van der Waals surface area contributed by atoms with E-state index in [1.54, 1.807) is 0 Å². The van der Waals surface area contributed by atoms with Crippen LogP contribution in [0.25, 0.3) is 0 Å². The van der Waals surface area contributed by atoms with Gasteiger partial charge in [-0.15, -0.1) is 0 Å². The molecule has 0 spiro atoms. The van der Waals surface area contributed by atoms with Gasteiger partial charge in [0.05, 0.1) is 6.61 Å². The number of thiocarbonyl (C=S) groups is 1. The van der Waals surface area contributed by atoms with E-state index in [9.17, 15) is 0 Å². The SMILES string of the molecule is CC1(C)CC2OCC3OC(C4OC(C)(C)OC34)N2C(=S)N1. The first-order valence-corrected chi connectivity index (χ1v) is 7.90. The molecular weight excluding hydrogens is 292 g/mol. The van der Waals surface area contributed by atoms with E-state index in [2.05, 4.69) is 19.2 Å². The van der Waals surface area contributed by atoms with Crippen LogP contribution in [0, 0.1) is 0 Å². The minimum Gasteiger partial charge on any atom is -0.357 e. The second-order valence-corrected chi connectivity index (χ2v) is 7.73. The lowest BCUT2D eigenvalue weighted by Crippen LogP contribution is -2.65. The molecule has 6 nitrogen and oxygen atoms in total.